The summed E-state index contributed by atoms with van der Waals surface area (Å²) < 4.78 is 6.18. The number of likely N-dealkylation sites (N-methyl/N-ethyl adjacent to an activating group) is 6. The van der Waals surface area contributed by atoms with Gasteiger partial charge in [0, 0.05) is 61.4 Å². The summed E-state index contributed by atoms with van der Waals surface area (Å²) in [6, 6.07) is -13.0. The van der Waals surface area contributed by atoms with Gasteiger partial charge in [0.05, 0.1) is 31.3 Å². The van der Waals surface area contributed by atoms with Crippen LogP contribution in [-0.4, -0.2) is 264 Å². The topological polar surface area (TPSA) is 329 Å². The van der Waals surface area contributed by atoms with Crippen molar-refractivity contribution >= 4 is 70.9 Å². The Balaban J connectivity index is 1.98. The summed E-state index contributed by atoms with van der Waals surface area (Å²) in [5.74, 6) is -9.89. The fraction of sp³-hybridized carbons (Fsp3) is 0.838. The number of aliphatic hydroxyl groups excluding tert-OH is 1. The molecule has 1 saturated carbocycles. The molecule has 27 heteroatoms. The highest BCUT2D eigenvalue weighted by atomic mass is 16.5. The summed E-state index contributed by atoms with van der Waals surface area (Å²) >= 11 is 0. The summed E-state index contributed by atoms with van der Waals surface area (Å²) in [7, 11) is 8.51. The second-order valence-corrected chi connectivity index (χ2v) is 32.9. The van der Waals surface area contributed by atoms with E-state index in [1.807, 2.05) is 69.2 Å². The van der Waals surface area contributed by atoms with Gasteiger partial charge in [-0.25, -0.2) is 0 Å². The molecule has 3 aliphatic heterocycles. The van der Waals surface area contributed by atoms with Gasteiger partial charge in [0.1, 0.15) is 60.4 Å². The maximum atomic E-state index is 15.4. The lowest BCUT2D eigenvalue weighted by atomic mass is 9.77. The van der Waals surface area contributed by atoms with E-state index >= 15 is 28.8 Å². The molecule has 4 fully saturated rings. The fourth-order valence-corrected chi connectivity index (χ4v) is 14.4. The predicted molar refractivity (Wildman–Crippen MR) is 386 cm³/mol. The molecule has 1 aliphatic carbocycles. The number of rotatable bonds is 17. The Morgan fingerprint density at radius 2 is 0.950 bits per heavy atom. The Labute approximate surface area is 603 Å². The quantitative estimate of drug-likeness (QED) is 0.109. The Hall–Kier alpha value is -6.48. The van der Waals surface area contributed by atoms with Crippen LogP contribution in [-0.2, 0) is 62.3 Å². The van der Waals surface area contributed by atoms with Crippen LogP contribution in [0.3, 0.4) is 0 Å². The molecule has 4 rings (SSSR count). The number of hydrogen-bond acceptors (Lipinski definition) is 15. The zero-order valence-electron chi connectivity index (χ0n) is 65.4. The first-order valence-electron chi connectivity index (χ1n) is 37.4. The molecule has 0 radical (unpaired) electrons. The molecule has 0 aromatic carbocycles. The molecular weight excluding hydrogens is 1290 g/mol. The first-order chi connectivity index (χ1) is 47.0. The standard InChI is InChI=1S/C74H131N13O14/c1-42(2)32-52-68(95)83(19)57(35-45(7)8)67(94)80-63(48(13)88)72(99)81(17)40-61(90)82(18)55(33-43(3)4)64(91)78-54(41-101-74(14,15)16)69(96)86(22)59(36-46(9)10)71(98)84(20)56(34-44(5)6)65(92)77-53(70(97)87-30-26-23-27-31-87)38-60(89)79-62(47(11)12)73(100)85(21)58(66(93)76-52)37-49-39-75-51-29-25-24-28-50(49)51/h42-59,62-63,75,88H,23-41H2,1-22H3,(H,76,93)(H,77,92)(H,78,91)(H,79,89)(H,80,94)/t48-,49?,50?,51?,52+,53+,54+,55+,56+,57?,58+,59+,62-,63+/m1/s1. The van der Waals surface area contributed by atoms with Crippen molar-refractivity contribution in [1.82, 2.24) is 66.2 Å². The number of piperidine rings is 1. The van der Waals surface area contributed by atoms with Crippen LogP contribution in [0.15, 0.2) is 0 Å². The van der Waals surface area contributed by atoms with E-state index in [0.717, 1.165) is 41.9 Å². The third-order valence-electron chi connectivity index (χ3n) is 20.3. The Kier molecular flexibility index (Phi) is 33.9. The van der Waals surface area contributed by atoms with E-state index in [1.54, 1.807) is 39.5 Å². The van der Waals surface area contributed by atoms with Crippen molar-refractivity contribution in [2.24, 2.45) is 47.3 Å². The second-order valence-electron chi connectivity index (χ2n) is 32.9. The normalized spacial score (nSPS) is 28.9. The van der Waals surface area contributed by atoms with Crippen molar-refractivity contribution in [2.45, 2.75) is 279 Å². The smallest absolute Gasteiger partial charge is 0.248 e. The van der Waals surface area contributed by atoms with Crippen LogP contribution in [0.1, 0.15) is 201 Å². The average Bonchev–Trinajstić information content (AvgIpc) is 1.80. The summed E-state index contributed by atoms with van der Waals surface area (Å²) in [6.45, 7) is 29.0. The van der Waals surface area contributed by atoms with E-state index in [-0.39, 0.29) is 92.6 Å². The Morgan fingerprint density at radius 3 is 1.48 bits per heavy atom. The van der Waals surface area contributed by atoms with E-state index in [0.29, 0.717) is 32.5 Å². The molecular formula is C74H131N13O14. The van der Waals surface area contributed by atoms with Gasteiger partial charge >= 0.3 is 0 Å². The zero-order chi connectivity index (χ0) is 76.4. The van der Waals surface area contributed by atoms with E-state index in [9.17, 15) is 33.9 Å². The van der Waals surface area contributed by atoms with E-state index in [1.165, 1.54) is 68.8 Å². The first kappa shape index (κ1) is 86.9. The van der Waals surface area contributed by atoms with Crippen LogP contribution in [0.5, 0.6) is 0 Å². The minimum absolute atomic E-state index is 0.0643. The van der Waals surface area contributed by atoms with Crippen LogP contribution in [0, 0.1) is 47.3 Å². The molecule has 3 saturated heterocycles. The number of ether oxygens (including phenoxy) is 1. The SMILES string of the molecule is CC(C)CC1C(=O)N[C@@H]([C@@H](C)O)C(=O)N(C)CC(=O)N(C)[C@@H](CC(C)C)C(=O)N[C@@H](COC(C)(C)C)C(=O)N(C)[C@@H](CC(C)C)C(=O)N(C)[C@@H](CC(C)C)C(=O)N[C@H](C(=O)N2CCCCC2)CC(=O)N[C@H](C(C)C)C(=O)N(C)[C@@H](CC2CNC3CCCCC23)C(=O)N[C@@H](CC(C)C)C(=O)N1C. The van der Waals surface area contributed by atoms with E-state index in [2.05, 4.69) is 31.9 Å². The van der Waals surface area contributed by atoms with Gasteiger partial charge in [-0.1, -0.05) is 95.9 Å². The van der Waals surface area contributed by atoms with Gasteiger partial charge in [-0.2, -0.15) is 0 Å². The van der Waals surface area contributed by atoms with Crippen LogP contribution >= 0.6 is 0 Å². The molecule has 7 N–H and O–H groups in total. The van der Waals surface area contributed by atoms with Crippen molar-refractivity contribution in [3.63, 3.8) is 0 Å². The highest BCUT2D eigenvalue weighted by Crippen LogP contribution is 2.38. The molecule has 12 amide bonds. The highest BCUT2D eigenvalue weighted by Gasteiger charge is 2.46. The molecule has 0 bridgehead atoms. The van der Waals surface area contributed by atoms with Crippen molar-refractivity contribution in [3.05, 3.63) is 0 Å². The molecule has 27 nitrogen and oxygen atoms in total. The number of fused-ring (bicyclic) bond motifs is 1. The van der Waals surface area contributed by atoms with Gasteiger partial charge < -0.3 is 76.0 Å². The number of nitrogens with one attached hydrogen (secondary N) is 6. The monoisotopic (exact) mass is 1430 g/mol. The molecule has 0 spiro atoms. The highest BCUT2D eigenvalue weighted by molar-refractivity contribution is 6.00. The zero-order valence-corrected chi connectivity index (χ0v) is 65.4. The number of carbonyl (C=O) groups is 12. The fourth-order valence-electron chi connectivity index (χ4n) is 14.4. The van der Waals surface area contributed by atoms with Gasteiger partial charge in [0.25, 0.3) is 0 Å². The molecule has 14 atom stereocenters. The Bertz CT molecular complexity index is 2820. The number of aliphatic hydroxyl groups is 1. The number of amides is 12. The van der Waals surface area contributed by atoms with E-state index in [4.69, 9.17) is 4.74 Å². The largest absolute Gasteiger partial charge is 0.391 e. The van der Waals surface area contributed by atoms with Gasteiger partial charge in [-0.15, -0.1) is 0 Å². The van der Waals surface area contributed by atoms with Crippen molar-refractivity contribution in [2.75, 3.05) is 75.1 Å². The summed E-state index contributed by atoms with van der Waals surface area (Å²) in [5.41, 5.74) is -0.837. The predicted octanol–water partition coefficient (Wildman–Crippen LogP) is 3.67. The first-order valence-corrected chi connectivity index (χ1v) is 37.4. The average molecular weight is 1430 g/mol. The summed E-state index contributed by atoms with van der Waals surface area (Å²) in [4.78, 5) is 189. The molecule has 4 aliphatic rings. The van der Waals surface area contributed by atoms with Crippen molar-refractivity contribution in [1.29, 1.82) is 0 Å². The van der Waals surface area contributed by atoms with Gasteiger partial charge in [-0.05, 0) is 152 Å². The molecule has 0 aromatic heterocycles. The lowest BCUT2D eigenvalue weighted by Crippen LogP contribution is -2.62. The van der Waals surface area contributed by atoms with Crippen molar-refractivity contribution in [3.8, 4) is 0 Å². The number of carbonyl (C=O) groups excluding carboxylic acids is 12. The van der Waals surface area contributed by atoms with Gasteiger partial charge in [0.2, 0.25) is 70.9 Å². The maximum Gasteiger partial charge on any atom is 0.248 e. The third-order valence-corrected chi connectivity index (χ3v) is 20.3. The molecule has 0 aromatic rings. The number of nitrogens with zero attached hydrogens (tertiary/aromatic N) is 7. The maximum absolute atomic E-state index is 15.4. The van der Waals surface area contributed by atoms with Gasteiger partial charge in [-0.3, -0.25) is 57.5 Å². The second kappa shape index (κ2) is 39.4. The van der Waals surface area contributed by atoms with Crippen LogP contribution < -0.4 is 31.9 Å². The minimum Gasteiger partial charge on any atom is -0.391 e. The third kappa shape index (κ3) is 25.4. The molecule has 576 valence electrons. The molecule has 4 unspecified atom stereocenters. The Morgan fingerprint density at radius 1 is 0.495 bits per heavy atom. The molecule has 3 heterocycles. The van der Waals surface area contributed by atoms with Crippen LogP contribution in [0.4, 0.5) is 0 Å². The number of likely N-dealkylation sites (tertiary alicyclic amines) is 1. The van der Waals surface area contributed by atoms with E-state index < -0.39 is 162 Å². The van der Waals surface area contributed by atoms with Crippen LogP contribution in [0.25, 0.3) is 0 Å². The summed E-state index contributed by atoms with van der Waals surface area (Å²) in [6.07, 6.45) is 4.67. The van der Waals surface area contributed by atoms with Crippen molar-refractivity contribution < 1.29 is 67.4 Å². The summed E-state index contributed by atoms with van der Waals surface area (Å²) in [5, 5.41) is 29.2. The lowest BCUT2D eigenvalue weighted by molar-refractivity contribution is -0.152. The van der Waals surface area contributed by atoms with Crippen LogP contribution in [0.2, 0.25) is 0 Å². The molecule has 101 heavy (non-hydrogen) atoms. The van der Waals surface area contributed by atoms with Gasteiger partial charge in [0.15, 0.2) is 0 Å². The lowest BCUT2D eigenvalue weighted by Gasteiger charge is -2.38. The number of hydrogen-bond donors (Lipinski definition) is 7. The minimum atomic E-state index is -1.64.